The monoisotopic (exact) mass is 427 g/mol. The molecule has 2 aromatic rings. The van der Waals surface area contributed by atoms with Crippen LogP contribution in [0.3, 0.4) is 0 Å². The van der Waals surface area contributed by atoms with Gasteiger partial charge in [-0.3, -0.25) is 9.48 Å². The van der Waals surface area contributed by atoms with E-state index in [1.807, 2.05) is 6.92 Å². The van der Waals surface area contributed by atoms with Crippen LogP contribution in [0.5, 0.6) is 11.5 Å². The van der Waals surface area contributed by atoms with Gasteiger partial charge in [0.25, 0.3) is 0 Å². The van der Waals surface area contributed by atoms with Gasteiger partial charge in [0.15, 0.2) is 11.5 Å². The molecule has 0 unspecified atom stereocenters. The molecule has 0 saturated carbocycles. The standard InChI is InChI=1S/C20H24ClF2N3O3/c1-12(2)11-26-19(21)15(13(3)25-26)6-8-18(27)24-10-14-5-7-16(29-20(22)23)17(9-14)28-4/h5-9,12,20H,10-11H2,1-4H3,(H,24,27). The van der Waals surface area contributed by atoms with Crippen molar-refractivity contribution in [2.75, 3.05) is 7.11 Å². The first-order chi connectivity index (χ1) is 13.7. The van der Waals surface area contributed by atoms with E-state index < -0.39 is 6.61 Å². The fraction of sp³-hybridized carbons (Fsp3) is 0.400. The summed E-state index contributed by atoms with van der Waals surface area (Å²) in [5.41, 5.74) is 2.10. The number of nitrogens with zero attached hydrogens (tertiary/aromatic N) is 2. The van der Waals surface area contributed by atoms with E-state index in [1.54, 1.807) is 16.8 Å². The number of benzene rings is 1. The van der Waals surface area contributed by atoms with E-state index in [2.05, 4.69) is 29.0 Å². The third kappa shape index (κ3) is 6.45. The predicted molar refractivity (Wildman–Crippen MR) is 107 cm³/mol. The quantitative estimate of drug-likeness (QED) is 0.601. The fourth-order valence-electron chi connectivity index (χ4n) is 2.65. The highest BCUT2D eigenvalue weighted by atomic mass is 35.5. The largest absolute Gasteiger partial charge is 0.493 e. The maximum atomic E-state index is 12.4. The maximum Gasteiger partial charge on any atom is 0.387 e. The van der Waals surface area contributed by atoms with Crippen molar-refractivity contribution in [1.82, 2.24) is 15.1 Å². The van der Waals surface area contributed by atoms with Crippen molar-refractivity contribution in [2.45, 2.75) is 40.5 Å². The molecule has 0 fully saturated rings. The van der Waals surface area contributed by atoms with Crippen molar-refractivity contribution < 1.29 is 23.0 Å². The Labute approximate surface area is 173 Å². The molecule has 0 aliphatic rings. The molecule has 1 N–H and O–H groups in total. The van der Waals surface area contributed by atoms with Crippen LogP contribution in [0, 0.1) is 12.8 Å². The molecule has 0 saturated heterocycles. The number of hydrogen-bond acceptors (Lipinski definition) is 4. The maximum absolute atomic E-state index is 12.4. The van der Waals surface area contributed by atoms with Crippen LogP contribution in [-0.4, -0.2) is 29.4 Å². The highest BCUT2D eigenvalue weighted by molar-refractivity contribution is 6.31. The summed E-state index contributed by atoms with van der Waals surface area (Å²) in [5, 5.41) is 7.60. The van der Waals surface area contributed by atoms with Gasteiger partial charge in [-0.2, -0.15) is 13.9 Å². The van der Waals surface area contributed by atoms with Crippen LogP contribution in [0.1, 0.15) is 30.7 Å². The zero-order chi connectivity index (χ0) is 21.6. The second kappa shape index (κ2) is 10.2. The van der Waals surface area contributed by atoms with E-state index in [4.69, 9.17) is 16.3 Å². The lowest BCUT2D eigenvalue weighted by atomic mass is 10.2. The fourth-order valence-corrected chi connectivity index (χ4v) is 2.95. The molecule has 0 spiro atoms. The summed E-state index contributed by atoms with van der Waals surface area (Å²) in [6.07, 6.45) is 3.00. The molecule has 9 heteroatoms. The number of carbonyl (C=O) groups is 1. The van der Waals surface area contributed by atoms with Crippen LogP contribution in [0.2, 0.25) is 5.15 Å². The van der Waals surface area contributed by atoms with Crippen LogP contribution >= 0.6 is 11.6 Å². The van der Waals surface area contributed by atoms with Crippen molar-refractivity contribution in [3.63, 3.8) is 0 Å². The first kappa shape index (κ1) is 22.7. The number of nitrogens with one attached hydrogen (secondary N) is 1. The van der Waals surface area contributed by atoms with Crippen molar-refractivity contribution in [1.29, 1.82) is 0 Å². The van der Waals surface area contributed by atoms with Gasteiger partial charge in [0.1, 0.15) is 5.15 Å². The van der Waals surface area contributed by atoms with E-state index in [-0.39, 0.29) is 24.0 Å². The lowest BCUT2D eigenvalue weighted by molar-refractivity contribution is -0.116. The number of ether oxygens (including phenoxy) is 2. The van der Waals surface area contributed by atoms with Crippen molar-refractivity contribution in [3.05, 3.63) is 46.2 Å². The smallest absolute Gasteiger partial charge is 0.387 e. The Morgan fingerprint density at radius 2 is 2.07 bits per heavy atom. The molecule has 158 valence electrons. The molecule has 0 radical (unpaired) electrons. The van der Waals surface area contributed by atoms with Crippen LogP contribution in [0.25, 0.3) is 6.08 Å². The predicted octanol–water partition coefficient (Wildman–Crippen LogP) is 4.44. The van der Waals surface area contributed by atoms with Crippen molar-refractivity contribution in [3.8, 4) is 11.5 Å². The van der Waals surface area contributed by atoms with E-state index in [0.29, 0.717) is 28.7 Å². The summed E-state index contributed by atoms with van der Waals surface area (Å²) in [7, 11) is 1.35. The molecule has 0 bridgehead atoms. The topological polar surface area (TPSA) is 65.4 Å². The first-order valence-corrected chi connectivity index (χ1v) is 9.39. The number of aryl methyl sites for hydroxylation is 1. The molecule has 1 aromatic carbocycles. The van der Waals surface area contributed by atoms with Gasteiger partial charge in [0.05, 0.1) is 12.8 Å². The average molecular weight is 428 g/mol. The summed E-state index contributed by atoms with van der Waals surface area (Å²) >= 11 is 6.35. The van der Waals surface area contributed by atoms with Gasteiger partial charge in [-0.1, -0.05) is 31.5 Å². The van der Waals surface area contributed by atoms with Gasteiger partial charge in [0.2, 0.25) is 5.91 Å². The summed E-state index contributed by atoms with van der Waals surface area (Å²) in [6.45, 7) is 3.89. The van der Waals surface area contributed by atoms with Crippen LogP contribution < -0.4 is 14.8 Å². The molecule has 1 heterocycles. The highest BCUT2D eigenvalue weighted by Crippen LogP contribution is 2.29. The average Bonchev–Trinajstić information content (AvgIpc) is 2.91. The zero-order valence-electron chi connectivity index (χ0n) is 16.7. The summed E-state index contributed by atoms with van der Waals surface area (Å²) in [5.74, 6) is 0.152. The Bertz CT molecular complexity index is 882. The van der Waals surface area contributed by atoms with E-state index in [9.17, 15) is 13.6 Å². The third-order valence-electron chi connectivity index (χ3n) is 3.96. The number of aromatic nitrogens is 2. The molecule has 0 atom stereocenters. The molecular formula is C20H24ClF2N3O3. The number of hydrogen-bond donors (Lipinski definition) is 1. The van der Waals surface area contributed by atoms with Crippen LogP contribution in [0.4, 0.5) is 8.78 Å². The number of amides is 1. The first-order valence-electron chi connectivity index (χ1n) is 9.01. The van der Waals surface area contributed by atoms with Crippen molar-refractivity contribution >= 4 is 23.6 Å². The summed E-state index contributed by atoms with van der Waals surface area (Å²) < 4.78 is 35.9. The van der Waals surface area contributed by atoms with Gasteiger partial charge in [-0.05, 0) is 36.6 Å². The van der Waals surface area contributed by atoms with Crippen LogP contribution in [0.15, 0.2) is 24.3 Å². The lowest BCUT2D eigenvalue weighted by Crippen LogP contribution is -2.20. The van der Waals surface area contributed by atoms with Gasteiger partial charge in [-0.25, -0.2) is 0 Å². The Hall–Kier alpha value is -2.61. The molecule has 2 rings (SSSR count). The molecule has 0 aliphatic carbocycles. The van der Waals surface area contributed by atoms with E-state index in [0.717, 1.165) is 5.69 Å². The number of halogens is 3. The highest BCUT2D eigenvalue weighted by Gasteiger charge is 2.13. The second-order valence-electron chi connectivity index (χ2n) is 6.78. The Kier molecular flexibility index (Phi) is 8.01. The second-order valence-corrected chi connectivity index (χ2v) is 7.14. The van der Waals surface area contributed by atoms with Gasteiger partial charge >= 0.3 is 6.61 Å². The number of rotatable bonds is 9. The Balaban J connectivity index is 2.01. The van der Waals surface area contributed by atoms with E-state index in [1.165, 1.54) is 25.3 Å². The molecule has 1 amide bonds. The number of methoxy groups -OCH3 is 1. The summed E-state index contributed by atoms with van der Waals surface area (Å²) in [4.78, 5) is 12.1. The minimum atomic E-state index is -2.94. The van der Waals surface area contributed by atoms with Gasteiger partial charge < -0.3 is 14.8 Å². The van der Waals surface area contributed by atoms with Crippen molar-refractivity contribution in [2.24, 2.45) is 5.92 Å². The minimum Gasteiger partial charge on any atom is -0.493 e. The Morgan fingerprint density at radius 3 is 2.69 bits per heavy atom. The normalized spacial score (nSPS) is 11.5. The lowest BCUT2D eigenvalue weighted by Gasteiger charge is -2.11. The Morgan fingerprint density at radius 1 is 1.34 bits per heavy atom. The van der Waals surface area contributed by atoms with E-state index >= 15 is 0 Å². The van der Waals surface area contributed by atoms with Crippen LogP contribution in [-0.2, 0) is 17.9 Å². The summed E-state index contributed by atoms with van der Waals surface area (Å²) in [6, 6.07) is 4.47. The SMILES string of the molecule is COc1cc(CNC(=O)C=Cc2c(C)nn(CC(C)C)c2Cl)ccc1OC(F)F. The number of carbonyl (C=O) groups excluding carboxylic acids is 1. The van der Waals surface area contributed by atoms with Gasteiger partial charge in [-0.15, -0.1) is 0 Å². The zero-order valence-corrected chi connectivity index (χ0v) is 17.5. The van der Waals surface area contributed by atoms with Gasteiger partial charge in [0, 0.05) is 24.7 Å². The number of alkyl halides is 2. The minimum absolute atomic E-state index is 0.0685. The third-order valence-corrected chi connectivity index (χ3v) is 4.36. The molecular weight excluding hydrogens is 404 g/mol. The molecule has 6 nitrogen and oxygen atoms in total. The molecule has 29 heavy (non-hydrogen) atoms. The molecule has 1 aromatic heterocycles. The molecule has 0 aliphatic heterocycles.